The Bertz CT molecular complexity index is 737. The summed E-state index contributed by atoms with van der Waals surface area (Å²) in [6, 6.07) is 12.7. The van der Waals surface area contributed by atoms with Gasteiger partial charge in [-0.15, -0.1) is 0 Å². The number of carbonyl (C=O) groups excluding carboxylic acids is 1. The van der Waals surface area contributed by atoms with Crippen molar-refractivity contribution >= 4 is 17.6 Å². The summed E-state index contributed by atoms with van der Waals surface area (Å²) in [6.45, 7) is 0. The predicted octanol–water partition coefficient (Wildman–Crippen LogP) is 1.68. The van der Waals surface area contributed by atoms with Gasteiger partial charge in [0.1, 0.15) is 0 Å². The Morgan fingerprint density at radius 3 is 2.29 bits per heavy atom. The van der Waals surface area contributed by atoms with Crippen LogP contribution in [0.4, 0.5) is 5.69 Å². The summed E-state index contributed by atoms with van der Waals surface area (Å²) in [7, 11) is 0. The molecule has 0 unspecified atom stereocenters. The fraction of sp³-hybridized carbons (Fsp3) is 0. The highest BCUT2D eigenvalue weighted by Gasteiger charge is 2.09. The third kappa shape index (κ3) is 3.41. The van der Waals surface area contributed by atoms with E-state index in [1.54, 1.807) is 36.4 Å². The van der Waals surface area contributed by atoms with Crippen LogP contribution in [0.25, 0.3) is 11.1 Å². The van der Waals surface area contributed by atoms with Crippen molar-refractivity contribution in [1.29, 1.82) is 0 Å². The molecule has 0 heterocycles. The van der Waals surface area contributed by atoms with Crippen LogP contribution in [-0.4, -0.2) is 16.8 Å². The van der Waals surface area contributed by atoms with E-state index in [0.29, 0.717) is 16.7 Å². The third-order valence-corrected chi connectivity index (χ3v) is 2.73. The van der Waals surface area contributed by atoms with Crippen LogP contribution < -0.4 is 11.5 Å². The standard InChI is InChI=1S/C14H12N4O3/c15-14(16)17-13(19)11-5-1-3-9(7-11)10-4-2-6-12(8-10)18(20)21/h1-8H,(H4,15,16,17,19). The van der Waals surface area contributed by atoms with E-state index in [1.807, 2.05) is 0 Å². The molecule has 0 spiro atoms. The second-order valence-electron chi connectivity index (χ2n) is 4.23. The first-order valence-corrected chi connectivity index (χ1v) is 5.96. The van der Waals surface area contributed by atoms with Crippen molar-refractivity contribution in [3.8, 4) is 11.1 Å². The molecule has 106 valence electrons. The fourth-order valence-corrected chi connectivity index (χ4v) is 1.81. The molecule has 7 nitrogen and oxygen atoms in total. The molecule has 21 heavy (non-hydrogen) atoms. The van der Waals surface area contributed by atoms with Crippen molar-refractivity contribution in [2.24, 2.45) is 16.5 Å². The van der Waals surface area contributed by atoms with Crippen LogP contribution in [0.1, 0.15) is 10.4 Å². The van der Waals surface area contributed by atoms with Gasteiger partial charge < -0.3 is 11.5 Å². The summed E-state index contributed by atoms with van der Waals surface area (Å²) in [5.74, 6) is -0.886. The second kappa shape index (κ2) is 5.83. The van der Waals surface area contributed by atoms with E-state index < -0.39 is 10.8 Å². The average Bonchev–Trinajstić information content (AvgIpc) is 2.47. The number of amides is 1. The summed E-state index contributed by atoms with van der Waals surface area (Å²) in [4.78, 5) is 25.5. The van der Waals surface area contributed by atoms with Crippen LogP contribution >= 0.6 is 0 Å². The zero-order chi connectivity index (χ0) is 15.4. The van der Waals surface area contributed by atoms with Crippen LogP contribution in [0.2, 0.25) is 0 Å². The lowest BCUT2D eigenvalue weighted by molar-refractivity contribution is -0.384. The molecule has 0 aliphatic heterocycles. The normalized spacial score (nSPS) is 9.90. The van der Waals surface area contributed by atoms with Crippen molar-refractivity contribution < 1.29 is 9.72 Å². The zero-order valence-corrected chi connectivity index (χ0v) is 10.9. The van der Waals surface area contributed by atoms with Crippen molar-refractivity contribution in [2.75, 3.05) is 0 Å². The van der Waals surface area contributed by atoms with Crippen LogP contribution in [0, 0.1) is 10.1 Å². The topological polar surface area (TPSA) is 125 Å². The highest BCUT2D eigenvalue weighted by molar-refractivity contribution is 6.02. The van der Waals surface area contributed by atoms with Gasteiger partial charge in [-0.3, -0.25) is 14.9 Å². The number of nitrogens with zero attached hydrogens (tertiary/aromatic N) is 2. The quantitative estimate of drug-likeness (QED) is 0.384. The van der Waals surface area contributed by atoms with Crippen LogP contribution in [0.3, 0.4) is 0 Å². The van der Waals surface area contributed by atoms with Crippen LogP contribution in [0.15, 0.2) is 53.5 Å². The Kier molecular flexibility index (Phi) is 3.94. The number of carbonyl (C=O) groups is 1. The maximum absolute atomic E-state index is 11.8. The molecular weight excluding hydrogens is 272 g/mol. The molecule has 1 amide bonds. The lowest BCUT2D eigenvalue weighted by Crippen LogP contribution is -2.24. The second-order valence-corrected chi connectivity index (χ2v) is 4.23. The number of aliphatic imine (C=N–C) groups is 1. The van der Waals surface area contributed by atoms with Crippen LogP contribution in [0.5, 0.6) is 0 Å². The SMILES string of the molecule is NC(N)=NC(=O)c1cccc(-c2cccc([N+](=O)[O-])c2)c1. The molecule has 0 aliphatic carbocycles. The number of rotatable bonds is 3. The van der Waals surface area contributed by atoms with Crippen LogP contribution in [-0.2, 0) is 0 Å². The van der Waals surface area contributed by atoms with E-state index in [2.05, 4.69) is 4.99 Å². The van der Waals surface area contributed by atoms with Gasteiger partial charge in [0.2, 0.25) is 0 Å². The highest BCUT2D eigenvalue weighted by Crippen LogP contribution is 2.24. The summed E-state index contributed by atoms with van der Waals surface area (Å²) in [5.41, 5.74) is 11.9. The molecule has 2 aromatic rings. The van der Waals surface area contributed by atoms with Gasteiger partial charge in [0.25, 0.3) is 11.6 Å². The van der Waals surface area contributed by atoms with E-state index in [1.165, 1.54) is 12.1 Å². The number of hydrogen-bond acceptors (Lipinski definition) is 3. The lowest BCUT2D eigenvalue weighted by atomic mass is 10.0. The van der Waals surface area contributed by atoms with Gasteiger partial charge in [0.05, 0.1) is 4.92 Å². The van der Waals surface area contributed by atoms with Crippen molar-refractivity contribution in [1.82, 2.24) is 0 Å². The van der Waals surface area contributed by atoms with Gasteiger partial charge in [0, 0.05) is 17.7 Å². The molecule has 2 aromatic carbocycles. The van der Waals surface area contributed by atoms with Gasteiger partial charge in [-0.25, -0.2) is 0 Å². The molecule has 2 rings (SSSR count). The summed E-state index contributed by atoms with van der Waals surface area (Å²) < 4.78 is 0. The summed E-state index contributed by atoms with van der Waals surface area (Å²) >= 11 is 0. The number of guanidine groups is 1. The fourth-order valence-electron chi connectivity index (χ4n) is 1.81. The number of nitrogens with two attached hydrogens (primary N) is 2. The number of nitro benzene ring substituents is 1. The Labute approximate surface area is 120 Å². The van der Waals surface area contributed by atoms with Gasteiger partial charge in [-0.2, -0.15) is 4.99 Å². The number of non-ortho nitro benzene ring substituents is 1. The Morgan fingerprint density at radius 1 is 1.05 bits per heavy atom. The number of nitro groups is 1. The molecule has 0 aromatic heterocycles. The molecule has 0 fully saturated rings. The molecule has 0 atom stereocenters. The van der Waals surface area contributed by atoms with Crippen molar-refractivity contribution in [3.05, 3.63) is 64.2 Å². The zero-order valence-electron chi connectivity index (χ0n) is 10.9. The minimum absolute atomic E-state index is 0.0200. The van der Waals surface area contributed by atoms with E-state index >= 15 is 0 Å². The first-order valence-electron chi connectivity index (χ1n) is 5.96. The summed E-state index contributed by atoms with van der Waals surface area (Å²) in [5, 5.41) is 10.8. The minimum atomic E-state index is -0.567. The van der Waals surface area contributed by atoms with Gasteiger partial charge in [-0.05, 0) is 23.3 Å². The van der Waals surface area contributed by atoms with Gasteiger partial charge in [-0.1, -0.05) is 24.3 Å². The maximum atomic E-state index is 11.8. The number of hydrogen-bond donors (Lipinski definition) is 2. The van der Waals surface area contributed by atoms with E-state index in [4.69, 9.17) is 11.5 Å². The molecule has 0 radical (unpaired) electrons. The Morgan fingerprint density at radius 2 is 1.67 bits per heavy atom. The smallest absolute Gasteiger partial charge is 0.280 e. The highest BCUT2D eigenvalue weighted by atomic mass is 16.6. The van der Waals surface area contributed by atoms with Gasteiger partial charge >= 0.3 is 0 Å². The first kappa shape index (κ1) is 14.2. The van der Waals surface area contributed by atoms with Crippen molar-refractivity contribution in [2.45, 2.75) is 0 Å². The van der Waals surface area contributed by atoms with Crippen molar-refractivity contribution in [3.63, 3.8) is 0 Å². The molecule has 7 heteroatoms. The van der Waals surface area contributed by atoms with Gasteiger partial charge in [0.15, 0.2) is 5.96 Å². The maximum Gasteiger partial charge on any atom is 0.280 e. The average molecular weight is 284 g/mol. The Hall–Kier alpha value is -3.22. The minimum Gasteiger partial charge on any atom is -0.370 e. The molecule has 0 saturated carbocycles. The number of benzene rings is 2. The van der Waals surface area contributed by atoms with E-state index in [9.17, 15) is 14.9 Å². The predicted molar refractivity (Wildman–Crippen MR) is 78.7 cm³/mol. The lowest BCUT2D eigenvalue weighted by Gasteiger charge is -2.03. The monoisotopic (exact) mass is 284 g/mol. The molecule has 0 aliphatic rings. The van der Waals surface area contributed by atoms with E-state index in [-0.39, 0.29) is 11.6 Å². The largest absolute Gasteiger partial charge is 0.370 e. The molecule has 4 N–H and O–H groups in total. The first-order chi connectivity index (χ1) is 9.97. The molecule has 0 saturated heterocycles. The Balaban J connectivity index is 2.42. The summed E-state index contributed by atoms with van der Waals surface area (Å²) in [6.07, 6.45) is 0. The molecule has 0 bridgehead atoms. The van der Waals surface area contributed by atoms with E-state index in [0.717, 1.165) is 0 Å². The molecular formula is C14H12N4O3. The third-order valence-electron chi connectivity index (χ3n) is 2.73.